The Hall–Kier alpha value is -3.24. The summed E-state index contributed by atoms with van der Waals surface area (Å²) in [4.78, 5) is 24.0. The van der Waals surface area contributed by atoms with E-state index in [0.29, 0.717) is 0 Å². The SMILES string of the molecule is C=C(F)C(=O)N1CC(Oc2nccnc2Nc2ccc(C(F)(F)F)nc2)C1. The fraction of sp³-hybridized carbons (Fsp3) is 0.250. The topological polar surface area (TPSA) is 80.2 Å². The third-order valence-electron chi connectivity index (χ3n) is 3.63. The van der Waals surface area contributed by atoms with E-state index in [2.05, 4.69) is 26.8 Å². The monoisotopic (exact) mass is 383 g/mol. The number of carbonyl (C=O) groups excluding carboxylic acids is 1. The highest BCUT2D eigenvalue weighted by Crippen LogP contribution is 2.29. The summed E-state index contributed by atoms with van der Waals surface area (Å²) in [6.07, 6.45) is -1.20. The Morgan fingerprint density at radius 3 is 2.52 bits per heavy atom. The van der Waals surface area contributed by atoms with Gasteiger partial charge in [-0.25, -0.2) is 19.3 Å². The highest BCUT2D eigenvalue weighted by molar-refractivity contribution is 5.91. The van der Waals surface area contributed by atoms with Gasteiger partial charge < -0.3 is 15.0 Å². The zero-order valence-corrected chi connectivity index (χ0v) is 13.7. The molecule has 1 saturated heterocycles. The number of amides is 1. The van der Waals surface area contributed by atoms with Gasteiger partial charge in [0.1, 0.15) is 11.8 Å². The maximum absolute atomic E-state index is 12.8. The molecule has 1 N–H and O–H groups in total. The van der Waals surface area contributed by atoms with Crippen molar-refractivity contribution in [2.45, 2.75) is 12.3 Å². The molecule has 142 valence electrons. The second-order valence-electron chi connectivity index (χ2n) is 5.62. The molecule has 0 saturated carbocycles. The number of nitrogens with one attached hydrogen (secondary N) is 1. The number of pyridine rings is 1. The lowest BCUT2D eigenvalue weighted by atomic mass is 10.1. The lowest BCUT2D eigenvalue weighted by molar-refractivity contribution is -0.141. The lowest BCUT2D eigenvalue weighted by Gasteiger charge is -2.38. The fourth-order valence-electron chi connectivity index (χ4n) is 2.28. The Bertz CT molecular complexity index is 851. The van der Waals surface area contributed by atoms with Gasteiger partial charge in [-0.3, -0.25) is 4.79 Å². The Labute approximate surface area is 150 Å². The minimum absolute atomic E-state index is 0.0913. The normalized spacial score (nSPS) is 14.4. The number of anilines is 2. The van der Waals surface area contributed by atoms with Crippen LogP contribution in [-0.4, -0.2) is 45.0 Å². The van der Waals surface area contributed by atoms with Crippen LogP contribution in [0.1, 0.15) is 5.69 Å². The van der Waals surface area contributed by atoms with E-state index in [1.54, 1.807) is 0 Å². The van der Waals surface area contributed by atoms with Gasteiger partial charge in [-0.1, -0.05) is 6.58 Å². The summed E-state index contributed by atoms with van der Waals surface area (Å²) >= 11 is 0. The maximum Gasteiger partial charge on any atom is 0.433 e. The zero-order valence-electron chi connectivity index (χ0n) is 13.7. The van der Waals surface area contributed by atoms with Crippen LogP contribution in [0, 0.1) is 0 Å². The number of carbonyl (C=O) groups is 1. The van der Waals surface area contributed by atoms with E-state index in [4.69, 9.17) is 4.74 Å². The van der Waals surface area contributed by atoms with Crippen molar-refractivity contribution in [1.82, 2.24) is 19.9 Å². The minimum atomic E-state index is -4.53. The van der Waals surface area contributed by atoms with Crippen LogP contribution < -0.4 is 10.1 Å². The molecule has 0 unspecified atom stereocenters. The van der Waals surface area contributed by atoms with Crippen molar-refractivity contribution >= 4 is 17.4 Å². The van der Waals surface area contributed by atoms with Crippen molar-refractivity contribution in [3.05, 3.63) is 48.8 Å². The molecule has 11 heteroatoms. The van der Waals surface area contributed by atoms with E-state index >= 15 is 0 Å². The molecular weight excluding hydrogens is 370 g/mol. The van der Waals surface area contributed by atoms with Crippen molar-refractivity contribution in [3.63, 3.8) is 0 Å². The Balaban J connectivity index is 1.65. The van der Waals surface area contributed by atoms with E-state index in [1.165, 1.54) is 23.4 Å². The van der Waals surface area contributed by atoms with Gasteiger partial charge in [0.05, 0.1) is 25.0 Å². The summed E-state index contributed by atoms with van der Waals surface area (Å²) in [5.74, 6) is -1.60. The van der Waals surface area contributed by atoms with Gasteiger partial charge in [0, 0.05) is 12.4 Å². The molecule has 3 rings (SSSR count). The second-order valence-corrected chi connectivity index (χ2v) is 5.62. The molecule has 1 amide bonds. The molecule has 0 bridgehead atoms. The van der Waals surface area contributed by atoms with Gasteiger partial charge in [0.25, 0.3) is 11.8 Å². The second kappa shape index (κ2) is 7.17. The summed E-state index contributed by atoms with van der Waals surface area (Å²) < 4.78 is 56.1. The first-order valence-corrected chi connectivity index (χ1v) is 7.65. The Morgan fingerprint density at radius 2 is 1.93 bits per heavy atom. The standard InChI is InChI=1S/C16H13F4N5O2/c1-9(17)15(26)25-7-11(8-25)27-14-13(21-4-5-22-14)24-10-2-3-12(23-6-10)16(18,19)20/h2-6,11H,1,7-8H2,(H,21,24). The van der Waals surface area contributed by atoms with Crippen molar-refractivity contribution in [1.29, 1.82) is 0 Å². The van der Waals surface area contributed by atoms with Crippen molar-refractivity contribution < 1.29 is 27.1 Å². The summed E-state index contributed by atoms with van der Waals surface area (Å²) in [6, 6.07) is 2.03. The smallest absolute Gasteiger partial charge is 0.433 e. The summed E-state index contributed by atoms with van der Waals surface area (Å²) in [5.41, 5.74) is -0.759. The van der Waals surface area contributed by atoms with Gasteiger partial charge in [-0.2, -0.15) is 13.2 Å². The molecule has 0 atom stereocenters. The average molecular weight is 383 g/mol. The first-order valence-electron chi connectivity index (χ1n) is 7.65. The highest BCUT2D eigenvalue weighted by atomic mass is 19.4. The average Bonchev–Trinajstić information content (AvgIpc) is 2.58. The van der Waals surface area contributed by atoms with Gasteiger partial charge in [-0.05, 0) is 12.1 Å². The third kappa shape index (κ3) is 4.30. The number of likely N-dealkylation sites (tertiary alicyclic amines) is 1. The van der Waals surface area contributed by atoms with Crippen LogP contribution in [-0.2, 0) is 11.0 Å². The van der Waals surface area contributed by atoms with Crippen LogP contribution in [0.25, 0.3) is 0 Å². The van der Waals surface area contributed by atoms with E-state index in [-0.39, 0.29) is 30.5 Å². The van der Waals surface area contributed by atoms with Crippen LogP contribution in [0.5, 0.6) is 5.88 Å². The summed E-state index contributed by atoms with van der Waals surface area (Å²) in [7, 11) is 0. The van der Waals surface area contributed by atoms with E-state index in [9.17, 15) is 22.4 Å². The molecule has 0 aromatic carbocycles. The van der Waals surface area contributed by atoms with E-state index < -0.39 is 29.7 Å². The van der Waals surface area contributed by atoms with Gasteiger partial charge in [0.2, 0.25) is 0 Å². The van der Waals surface area contributed by atoms with Crippen molar-refractivity contribution in [3.8, 4) is 5.88 Å². The van der Waals surface area contributed by atoms with Gasteiger partial charge in [-0.15, -0.1) is 0 Å². The fourth-order valence-corrected chi connectivity index (χ4v) is 2.28. The van der Waals surface area contributed by atoms with Crippen LogP contribution in [0.3, 0.4) is 0 Å². The number of ether oxygens (including phenoxy) is 1. The van der Waals surface area contributed by atoms with Crippen LogP contribution in [0.15, 0.2) is 43.1 Å². The number of rotatable bonds is 5. The predicted octanol–water partition coefficient (Wildman–Crippen LogP) is 2.71. The number of hydrogen-bond donors (Lipinski definition) is 1. The third-order valence-corrected chi connectivity index (χ3v) is 3.63. The lowest BCUT2D eigenvalue weighted by Crippen LogP contribution is -2.56. The number of hydrogen-bond acceptors (Lipinski definition) is 6. The van der Waals surface area contributed by atoms with Gasteiger partial charge in [0.15, 0.2) is 11.6 Å². The molecule has 0 aliphatic carbocycles. The van der Waals surface area contributed by atoms with Gasteiger partial charge >= 0.3 is 6.18 Å². The number of halogens is 4. The molecule has 0 spiro atoms. The van der Waals surface area contributed by atoms with E-state index in [0.717, 1.165) is 12.3 Å². The Morgan fingerprint density at radius 1 is 1.22 bits per heavy atom. The highest BCUT2D eigenvalue weighted by Gasteiger charge is 2.34. The minimum Gasteiger partial charge on any atom is -0.468 e. The molecule has 2 aromatic rings. The largest absolute Gasteiger partial charge is 0.468 e. The molecule has 27 heavy (non-hydrogen) atoms. The molecule has 2 aromatic heterocycles. The summed E-state index contributed by atoms with van der Waals surface area (Å²) in [5, 5.41) is 2.77. The molecule has 1 aliphatic heterocycles. The molecule has 3 heterocycles. The quantitative estimate of drug-likeness (QED) is 0.632. The van der Waals surface area contributed by atoms with Crippen molar-refractivity contribution in [2.75, 3.05) is 18.4 Å². The molecular formula is C16H13F4N5O2. The molecule has 1 aliphatic rings. The predicted molar refractivity (Wildman–Crippen MR) is 85.8 cm³/mol. The number of aromatic nitrogens is 3. The number of nitrogens with zero attached hydrogens (tertiary/aromatic N) is 4. The molecule has 1 fully saturated rings. The summed E-state index contributed by atoms with van der Waals surface area (Å²) in [6.45, 7) is 3.25. The molecule has 0 radical (unpaired) electrons. The Kier molecular flexibility index (Phi) is 4.93. The van der Waals surface area contributed by atoms with Crippen LogP contribution in [0.4, 0.5) is 29.1 Å². The van der Waals surface area contributed by atoms with Crippen LogP contribution >= 0.6 is 0 Å². The van der Waals surface area contributed by atoms with E-state index in [1.807, 2.05) is 0 Å². The number of alkyl halides is 3. The first-order chi connectivity index (χ1) is 12.7. The molecule has 7 nitrogen and oxygen atoms in total. The first kappa shape index (κ1) is 18.5. The zero-order chi connectivity index (χ0) is 19.6. The van der Waals surface area contributed by atoms with Crippen molar-refractivity contribution in [2.24, 2.45) is 0 Å². The van der Waals surface area contributed by atoms with Crippen LogP contribution in [0.2, 0.25) is 0 Å². The maximum atomic E-state index is 12.8.